The van der Waals surface area contributed by atoms with Crippen LogP contribution < -0.4 is 15.3 Å². The van der Waals surface area contributed by atoms with Crippen molar-refractivity contribution in [2.45, 2.75) is 6.42 Å². The highest BCUT2D eigenvalue weighted by atomic mass is 15.5. The fourth-order valence-electron chi connectivity index (χ4n) is 3.10. The molecule has 0 saturated carbocycles. The number of anilines is 2. The SMILES string of the molecule is C[n+]1ccc(C2=NN(c3ccc(N)cc3)CC2)c2ccccc21. The highest BCUT2D eigenvalue weighted by molar-refractivity contribution is 6.10. The lowest BCUT2D eigenvalue weighted by molar-refractivity contribution is -0.644. The summed E-state index contributed by atoms with van der Waals surface area (Å²) < 4.78 is 2.14. The average Bonchev–Trinajstić information content (AvgIpc) is 3.06. The molecule has 0 spiro atoms. The molecule has 23 heavy (non-hydrogen) atoms. The first-order chi connectivity index (χ1) is 11.2. The molecule has 0 saturated heterocycles. The number of pyridine rings is 1. The van der Waals surface area contributed by atoms with E-state index in [0.29, 0.717) is 0 Å². The summed E-state index contributed by atoms with van der Waals surface area (Å²) in [6.07, 6.45) is 3.05. The summed E-state index contributed by atoms with van der Waals surface area (Å²) in [5, 5.41) is 8.14. The van der Waals surface area contributed by atoms with E-state index in [4.69, 9.17) is 10.8 Å². The van der Waals surface area contributed by atoms with E-state index < -0.39 is 0 Å². The van der Waals surface area contributed by atoms with Gasteiger partial charge in [0, 0.05) is 36.3 Å². The minimum absolute atomic E-state index is 0.777. The number of fused-ring (bicyclic) bond motifs is 1. The van der Waals surface area contributed by atoms with Gasteiger partial charge in [0.05, 0.1) is 16.8 Å². The van der Waals surface area contributed by atoms with Crippen LogP contribution in [-0.4, -0.2) is 12.3 Å². The van der Waals surface area contributed by atoms with Crippen molar-refractivity contribution in [3.8, 4) is 0 Å². The number of aryl methyl sites for hydroxylation is 1. The smallest absolute Gasteiger partial charge is 0.212 e. The highest BCUT2D eigenvalue weighted by Gasteiger charge is 2.20. The van der Waals surface area contributed by atoms with E-state index >= 15 is 0 Å². The van der Waals surface area contributed by atoms with E-state index in [2.05, 4.69) is 53.2 Å². The van der Waals surface area contributed by atoms with Gasteiger partial charge >= 0.3 is 0 Å². The predicted molar refractivity (Wildman–Crippen MR) is 94.5 cm³/mol. The van der Waals surface area contributed by atoms with Gasteiger partial charge in [-0.15, -0.1) is 0 Å². The molecule has 1 aliphatic rings. The molecule has 114 valence electrons. The quantitative estimate of drug-likeness (QED) is 0.584. The zero-order valence-electron chi connectivity index (χ0n) is 13.1. The molecule has 0 atom stereocenters. The first kappa shape index (κ1) is 13.8. The third-order valence-corrected chi connectivity index (χ3v) is 4.34. The maximum atomic E-state index is 5.76. The van der Waals surface area contributed by atoms with Crippen LogP contribution in [0, 0.1) is 0 Å². The number of rotatable bonds is 2. The van der Waals surface area contributed by atoms with Crippen LogP contribution in [0.2, 0.25) is 0 Å². The molecule has 0 radical (unpaired) electrons. The summed E-state index contributed by atoms with van der Waals surface area (Å²) in [6, 6.07) is 18.5. The number of hydrogen-bond acceptors (Lipinski definition) is 3. The van der Waals surface area contributed by atoms with Gasteiger partial charge in [-0.05, 0) is 30.3 Å². The number of para-hydroxylation sites is 1. The Hall–Kier alpha value is -2.88. The number of benzene rings is 2. The Bertz CT molecular complexity index is 897. The second kappa shape index (κ2) is 5.39. The fraction of sp³-hybridized carbons (Fsp3) is 0.158. The molecule has 2 heterocycles. The summed E-state index contributed by atoms with van der Waals surface area (Å²) in [5.74, 6) is 0. The average molecular weight is 303 g/mol. The number of hydrazone groups is 1. The minimum atomic E-state index is 0.777. The largest absolute Gasteiger partial charge is 0.399 e. The van der Waals surface area contributed by atoms with Gasteiger partial charge in [0.25, 0.3) is 0 Å². The summed E-state index contributed by atoms with van der Waals surface area (Å²) in [4.78, 5) is 0. The van der Waals surface area contributed by atoms with Crippen LogP contribution in [0.4, 0.5) is 11.4 Å². The van der Waals surface area contributed by atoms with Crippen molar-refractivity contribution in [3.05, 3.63) is 66.4 Å². The Balaban J connectivity index is 1.76. The number of nitrogens with two attached hydrogens (primary N) is 1. The minimum Gasteiger partial charge on any atom is -0.399 e. The standard InChI is InChI=1S/C19H19N4/c1-22-12-10-16(17-4-2-3-5-19(17)22)18-11-13-23(21-18)15-8-6-14(20)7-9-15/h2-10,12H,11,13,20H2,1H3/q+1. The molecule has 4 heteroatoms. The first-order valence-electron chi connectivity index (χ1n) is 7.81. The summed E-state index contributed by atoms with van der Waals surface area (Å²) in [6.45, 7) is 0.897. The Morgan fingerprint density at radius 1 is 1.04 bits per heavy atom. The maximum Gasteiger partial charge on any atom is 0.212 e. The van der Waals surface area contributed by atoms with Gasteiger partial charge in [0.1, 0.15) is 7.05 Å². The van der Waals surface area contributed by atoms with Crippen molar-refractivity contribution < 1.29 is 4.57 Å². The van der Waals surface area contributed by atoms with Crippen molar-refractivity contribution >= 4 is 28.0 Å². The molecule has 0 aliphatic carbocycles. The predicted octanol–water partition coefficient (Wildman–Crippen LogP) is 2.86. The van der Waals surface area contributed by atoms with Gasteiger partial charge in [0.2, 0.25) is 5.52 Å². The van der Waals surface area contributed by atoms with Crippen molar-refractivity contribution in [2.24, 2.45) is 12.1 Å². The summed E-state index contributed by atoms with van der Waals surface area (Å²) in [7, 11) is 2.07. The monoisotopic (exact) mass is 303 g/mol. The van der Waals surface area contributed by atoms with Crippen LogP contribution in [0.15, 0.2) is 65.9 Å². The Kier molecular flexibility index (Phi) is 3.23. The number of nitrogen functional groups attached to an aromatic ring is 1. The van der Waals surface area contributed by atoms with Crippen molar-refractivity contribution in [1.82, 2.24) is 0 Å². The number of hydrogen-bond donors (Lipinski definition) is 1. The van der Waals surface area contributed by atoms with Gasteiger partial charge in [-0.25, -0.2) is 4.57 Å². The molecule has 0 fully saturated rings. The van der Waals surface area contributed by atoms with Gasteiger partial charge < -0.3 is 5.73 Å². The van der Waals surface area contributed by atoms with Crippen molar-refractivity contribution in [1.29, 1.82) is 0 Å². The lowest BCUT2D eigenvalue weighted by atomic mass is 10.0. The molecule has 1 aliphatic heterocycles. The molecular formula is C19H19N4+. The zero-order chi connectivity index (χ0) is 15.8. The second-order valence-corrected chi connectivity index (χ2v) is 5.87. The Labute approximate surface area is 135 Å². The lowest BCUT2D eigenvalue weighted by Crippen LogP contribution is -2.28. The van der Waals surface area contributed by atoms with E-state index in [1.165, 1.54) is 16.5 Å². The maximum absolute atomic E-state index is 5.76. The molecule has 2 aromatic carbocycles. The summed E-state index contributed by atoms with van der Waals surface area (Å²) in [5.41, 5.74) is 11.2. The highest BCUT2D eigenvalue weighted by Crippen LogP contribution is 2.25. The van der Waals surface area contributed by atoms with Gasteiger partial charge in [-0.2, -0.15) is 5.10 Å². The first-order valence-corrected chi connectivity index (χ1v) is 7.81. The zero-order valence-corrected chi connectivity index (χ0v) is 13.1. The lowest BCUT2D eigenvalue weighted by Gasteiger charge is -2.13. The van der Waals surface area contributed by atoms with Crippen molar-refractivity contribution in [3.63, 3.8) is 0 Å². The van der Waals surface area contributed by atoms with Gasteiger partial charge in [-0.1, -0.05) is 12.1 Å². The van der Waals surface area contributed by atoms with Crippen LogP contribution in [0.5, 0.6) is 0 Å². The normalized spacial score (nSPS) is 14.3. The van der Waals surface area contributed by atoms with E-state index in [-0.39, 0.29) is 0 Å². The Morgan fingerprint density at radius 2 is 1.83 bits per heavy atom. The van der Waals surface area contributed by atoms with Gasteiger partial charge in [0.15, 0.2) is 6.20 Å². The summed E-state index contributed by atoms with van der Waals surface area (Å²) >= 11 is 0. The van der Waals surface area contributed by atoms with E-state index in [1.807, 2.05) is 24.3 Å². The van der Waals surface area contributed by atoms with Gasteiger partial charge in [-0.3, -0.25) is 5.01 Å². The topological polar surface area (TPSA) is 45.5 Å². The van der Waals surface area contributed by atoms with E-state index in [0.717, 1.165) is 30.1 Å². The number of aromatic nitrogens is 1. The van der Waals surface area contributed by atoms with Crippen molar-refractivity contribution in [2.75, 3.05) is 17.3 Å². The second-order valence-electron chi connectivity index (χ2n) is 5.87. The fourth-order valence-corrected chi connectivity index (χ4v) is 3.10. The van der Waals surface area contributed by atoms with Crippen LogP contribution in [0.3, 0.4) is 0 Å². The molecule has 4 rings (SSSR count). The molecule has 0 amide bonds. The molecule has 1 aromatic heterocycles. The van der Waals surface area contributed by atoms with Crippen LogP contribution >= 0.6 is 0 Å². The molecular weight excluding hydrogens is 284 g/mol. The third-order valence-electron chi connectivity index (χ3n) is 4.34. The Morgan fingerprint density at radius 3 is 2.65 bits per heavy atom. The van der Waals surface area contributed by atoms with Crippen LogP contribution in [0.25, 0.3) is 10.9 Å². The molecule has 3 aromatic rings. The molecule has 2 N–H and O–H groups in total. The van der Waals surface area contributed by atoms with E-state index in [9.17, 15) is 0 Å². The molecule has 4 nitrogen and oxygen atoms in total. The number of nitrogens with zero attached hydrogens (tertiary/aromatic N) is 3. The third kappa shape index (κ3) is 2.42. The van der Waals surface area contributed by atoms with E-state index in [1.54, 1.807) is 0 Å². The molecule has 0 bridgehead atoms. The van der Waals surface area contributed by atoms with Crippen LogP contribution in [-0.2, 0) is 7.05 Å². The van der Waals surface area contributed by atoms with Crippen LogP contribution in [0.1, 0.15) is 12.0 Å². The molecule has 0 unspecified atom stereocenters.